The number of carboxylic acids is 1. The predicted molar refractivity (Wildman–Crippen MR) is 73.5 cm³/mol. The summed E-state index contributed by atoms with van der Waals surface area (Å²) in [5, 5.41) is 16.4. The van der Waals surface area contributed by atoms with Crippen molar-refractivity contribution in [2.45, 2.75) is 24.8 Å². The van der Waals surface area contributed by atoms with E-state index in [1.807, 2.05) is 0 Å². The van der Waals surface area contributed by atoms with Crippen molar-refractivity contribution in [3.63, 3.8) is 0 Å². The first kappa shape index (κ1) is 16.9. The van der Waals surface area contributed by atoms with Crippen molar-refractivity contribution >= 4 is 21.9 Å². The minimum absolute atomic E-state index is 0.0896. The van der Waals surface area contributed by atoms with Crippen molar-refractivity contribution in [2.24, 2.45) is 5.14 Å². The Kier molecular flexibility index (Phi) is 5.28. The van der Waals surface area contributed by atoms with Crippen LogP contribution in [0.4, 0.5) is 0 Å². The number of benzene rings is 1. The largest absolute Gasteiger partial charge is 0.482 e. The van der Waals surface area contributed by atoms with E-state index in [0.29, 0.717) is 0 Å². The molecule has 0 radical (unpaired) electrons. The molecule has 9 heteroatoms. The Morgan fingerprint density at radius 2 is 2.00 bits per heavy atom. The number of nitrogens with two attached hydrogens (primary N) is 1. The lowest BCUT2D eigenvalue weighted by molar-refractivity contribution is -0.123. The number of primary sulfonamides is 1. The molecule has 0 saturated heterocycles. The minimum atomic E-state index is -4.18. The van der Waals surface area contributed by atoms with Gasteiger partial charge in [0.15, 0.2) is 6.61 Å². The van der Waals surface area contributed by atoms with Gasteiger partial charge >= 0.3 is 5.97 Å². The highest BCUT2D eigenvalue weighted by Gasteiger charge is 2.19. The maximum absolute atomic E-state index is 11.5. The van der Waals surface area contributed by atoms with Crippen molar-refractivity contribution < 1.29 is 27.9 Å². The molecule has 1 rings (SSSR count). The Morgan fingerprint density at radius 3 is 2.48 bits per heavy atom. The van der Waals surface area contributed by atoms with E-state index in [1.165, 1.54) is 0 Å². The van der Waals surface area contributed by atoms with Gasteiger partial charge in [0.1, 0.15) is 10.6 Å². The van der Waals surface area contributed by atoms with E-state index in [2.05, 4.69) is 5.32 Å². The summed E-state index contributed by atoms with van der Waals surface area (Å²) in [6, 6.07) is 3.10. The highest BCUT2D eigenvalue weighted by molar-refractivity contribution is 7.89. The first-order valence-corrected chi connectivity index (χ1v) is 7.48. The van der Waals surface area contributed by atoms with Crippen LogP contribution < -0.4 is 15.2 Å². The van der Waals surface area contributed by atoms with E-state index in [9.17, 15) is 18.0 Å². The fraction of sp³-hybridized carbons (Fsp3) is 0.333. The zero-order valence-corrected chi connectivity index (χ0v) is 12.3. The van der Waals surface area contributed by atoms with Crippen LogP contribution in [0, 0.1) is 0 Å². The summed E-state index contributed by atoms with van der Waals surface area (Å²) >= 11 is 0. The van der Waals surface area contributed by atoms with E-state index in [-0.39, 0.29) is 17.4 Å². The van der Waals surface area contributed by atoms with Gasteiger partial charge in [-0.25, -0.2) is 18.4 Å². The molecular weight excluding hydrogens is 300 g/mol. The number of sulfonamides is 1. The highest BCUT2D eigenvalue weighted by Crippen LogP contribution is 2.24. The van der Waals surface area contributed by atoms with Gasteiger partial charge in [0.2, 0.25) is 10.0 Å². The predicted octanol–water partition coefficient (Wildman–Crippen LogP) is -0.0644. The normalized spacial score (nSPS) is 11.2. The second-order valence-electron chi connectivity index (χ2n) is 4.52. The van der Waals surface area contributed by atoms with Crippen molar-refractivity contribution in [2.75, 3.05) is 6.61 Å². The lowest BCUT2D eigenvalue weighted by Gasteiger charge is -2.12. The molecule has 0 bridgehead atoms. The molecule has 0 aromatic heterocycles. The molecule has 0 saturated carbocycles. The van der Waals surface area contributed by atoms with E-state index in [4.69, 9.17) is 15.0 Å². The topological polar surface area (TPSA) is 136 Å². The number of carbonyl (C=O) groups is 2. The van der Waals surface area contributed by atoms with Gasteiger partial charge in [-0.05, 0) is 32.0 Å². The average molecular weight is 316 g/mol. The smallest absolute Gasteiger partial charge is 0.335 e. The van der Waals surface area contributed by atoms with Gasteiger partial charge in [-0.15, -0.1) is 0 Å². The second-order valence-corrected chi connectivity index (χ2v) is 6.05. The molecule has 21 heavy (non-hydrogen) atoms. The van der Waals surface area contributed by atoms with Crippen molar-refractivity contribution in [3.8, 4) is 5.75 Å². The number of carboxylic acid groups (broad SMARTS) is 1. The molecule has 0 aliphatic rings. The Bertz CT molecular complexity index is 654. The van der Waals surface area contributed by atoms with Crippen LogP contribution in [-0.2, 0) is 14.8 Å². The fourth-order valence-electron chi connectivity index (χ4n) is 1.49. The second kappa shape index (κ2) is 6.55. The number of ether oxygens (including phenoxy) is 1. The van der Waals surface area contributed by atoms with Crippen LogP contribution in [0.5, 0.6) is 5.75 Å². The zero-order chi connectivity index (χ0) is 16.2. The Hall–Kier alpha value is -2.13. The number of hydrogen-bond donors (Lipinski definition) is 3. The van der Waals surface area contributed by atoms with Gasteiger partial charge in [0.05, 0.1) is 5.56 Å². The quantitative estimate of drug-likeness (QED) is 0.672. The van der Waals surface area contributed by atoms with Crippen LogP contribution in [0.1, 0.15) is 24.2 Å². The van der Waals surface area contributed by atoms with E-state index >= 15 is 0 Å². The number of aromatic carboxylic acids is 1. The maximum atomic E-state index is 11.5. The SMILES string of the molecule is CC(C)NC(=O)COc1ccc(C(=O)O)cc1S(N)(=O)=O. The third-order valence-corrected chi connectivity index (χ3v) is 3.24. The van der Waals surface area contributed by atoms with Crippen LogP contribution in [0.2, 0.25) is 0 Å². The molecule has 1 aromatic rings. The number of rotatable bonds is 6. The van der Waals surface area contributed by atoms with Gasteiger partial charge < -0.3 is 15.2 Å². The third-order valence-electron chi connectivity index (χ3n) is 2.31. The minimum Gasteiger partial charge on any atom is -0.482 e. The molecule has 1 aromatic carbocycles. The van der Waals surface area contributed by atoms with Crippen molar-refractivity contribution in [3.05, 3.63) is 23.8 Å². The zero-order valence-electron chi connectivity index (χ0n) is 11.5. The summed E-state index contributed by atoms with van der Waals surface area (Å²) in [5.74, 6) is -1.92. The molecule has 0 unspecified atom stereocenters. The van der Waals surface area contributed by atoms with E-state index in [0.717, 1.165) is 18.2 Å². The molecule has 8 nitrogen and oxygen atoms in total. The molecule has 4 N–H and O–H groups in total. The van der Waals surface area contributed by atoms with E-state index < -0.39 is 33.4 Å². The molecular formula is C12H16N2O6S. The molecule has 0 spiro atoms. The van der Waals surface area contributed by atoms with Gasteiger partial charge in [-0.1, -0.05) is 0 Å². The number of amides is 1. The maximum Gasteiger partial charge on any atom is 0.335 e. The van der Waals surface area contributed by atoms with Gasteiger partial charge in [-0.2, -0.15) is 0 Å². The first-order chi connectivity index (χ1) is 9.61. The molecule has 1 amide bonds. The fourth-order valence-corrected chi connectivity index (χ4v) is 2.19. The Morgan fingerprint density at radius 1 is 1.38 bits per heavy atom. The van der Waals surface area contributed by atoms with Crippen LogP contribution in [0.15, 0.2) is 23.1 Å². The summed E-state index contributed by atoms with van der Waals surface area (Å²) in [5.41, 5.74) is -0.252. The molecule has 0 atom stereocenters. The monoisotopic (exact) mass is 316 g/mol. The molecule has 116 valence electrons. The number of hydrogen-bond acceptors (Lipinski definition) is 5. The Labute approximate surface area is 122 Å². The lowest BCUT2D eigenvalue weighted by atomic mass is 10.2. The van der Waals surface area contributed by atoms with Crippen molar-refractivity contribution in [1.82, 2.24) is 5.32 Å². The summed E-state index contributed by atoms with van der Waals surface area (Å²) in [6.45, 7) is 3.11. The van der Waals surface area contributed by atoms with Crippen LogP contribution in [0.3, 0.4) is 0 Å². The average Bonchev–Trinajstić information content (AvgIpc) is 2.34. The summed E-state index contributed by atoms with van der Waals surface area (Å²) in [4.78, 5) is 21.8. The molecule has 0 heterocycles. The summed E-state index contributed by atoms with van der Waals surface area (Å²) in [7, 11) is -4.18. The summed E-state index contributed by atoms with van der Waals surface area (Å²) < 4.78 is 28.0. The first-order valence-electron chi connectivity index (χ1n) is 5.93. The lowest BCUT2D eigenvalue weighted by Crippen LogP contribution is -2.34. The van der Waals surface area contributed by atoms with E-state index in [1.54, 1.807) is 13.8 Å². The Balaban J connectivity index is 3.02. The number of carbonyl (C=O) groups excluding carboxylic acids is 1. The third kappa shape index (κ3) is 5.04. The van der Waals surface area contributed by atoms with Crippen LogP contribution in [-0.4, -0.2) is 38.0 Å². The number of nitrogens with one attached hydrogen (secondary N) is 1. The highest BCUT2D eigenvalue weighted by atomic mass is 32.2. The standard InChI is InChI=1S/C12H16N2O6S/c1-7(2)14-11(15)6-20-9-4-3-8(12(16)17)5-10(9)21(13,18)19/h3-5,7H,6H2,1-2H3,(H,14,15)(H,16,17)(H2,13,18,19). The molecule has 0 fully saturated rings. The van der Waals surface area contributed by atoms with Gasteiger partial charge in [0.25, 0.3) is 5.91 Å². The summed E-state index contributed by atoms with van der Waals surface area (Å²) in [6.07, 6.45) is 0. The van der Waals surface area contributed by atoms with Crippen LogP contribution >= 0.6 is 0 Å². The van der Waals surface area contributed by atoms with Gasteiger partial charge in [-0.3, -0.25) is 4.79 Å². The van der Waals surface area contributed by atoms with Crippen LogP contribution in [0.25, 0.3) is 0 Å². The molecule has 0 aliphatic carbocycles. The van der Waals surface area contributed by atoms with Crippen molar-refractivity contribution in [1.29, 1.82) is 0 Å². The molecule has 0 aliphatic heterocycles. The van der Waals surface area contributed by atoms with Gasteiger partial charge in [0, 0.05) is 6.04 Å².